The van der Waals surface area contributed by atoms with Gasteiger partial charge in [-0.15, -0.1) is 0 Å². The van der Waals surface area contributed by atoms with Crippen LogP contribution in [0.25, 0.3) is 0 Å². The van der Waals surface area contributed by atoms with Crippen molar-refractivity contribution >= 4 is 50.7 Å². The van der Waals surface area contributed by atoms with Crippen LogP contribution in [0.15, 0.2) is 95.9 Å². The standard InChI is InChI=1S/C36H39Cl2N3O4S/c1-5-20-39-36(43)34(21-28-11-7-6-8-12-28)40(23-29-16-17-30(37)22-32(29)38)35(42)24-41(33-13-9-10-26(3)27(33)4)46(44,45)31-18-14-25(2)15-19-31/h6-19,22,34H,5,20-21,23-24H2,1-4H3,(H,39,43)/t34-/m1/s1. The van der Waals surface area contributed by atoms with Crippen molar-refractivity contribution < 1.29 is 18.0 Å². The number of carbonyl (C=O) groups excluding carboxylic acids is 2. The summed E-state index contributed by atoms with van der Waals surface area (Å²) in [6.45, 7) is 7.37. The first kappa shape index (κ1) is 35.0. The minimum absolute atomic E-state index is 0.0445. The van der Waals surface area contributed by atoms with Gasteiger partial charge in [-0.05, 0) is 79.8 Å². The highest BCUT2D eigenvalue weighted by molar-refractivity contribution is 7.92. The second kappa shape index (κ2) is 15.6. The Hall–Kier alpha value is -3.85. The number of rotatable bonds is 13. The first-order valence-electron chi connectivity index (χ1n) is 15.1. The van der Waals surface area contributed by atoms with E-state index in [1.807, 2.05) is 64.1 Å². The van der Waals surface area contributed by atoms with Gasteiger partial charge in [0.25, 0.3) is 10.0 Å². The van der Waals surface area contributed by atoms with Crippen molar-refractivity contribution in [1.82, 2.24) is 10.2 Å². The summed E-state index contributed by atoms with van der Waals surface area (Å²) in [6, 6.07) is 25.3. The third kappa shape index (κ3) is 8.49. The predicted molar refractivity (Wildman–Crippen MR) is 186 cm³/mol. The largest absolute Gasteiger partial charge is 0.354 e. The average Bonchev–Trinajstić information content (AvgIpc) is 3.03. The van der Waals surface area contributed by atoms with Gasteiger partial charge in [0.1, 0.15) is 12.6 Å². The van der Waals surface area contributed by atoms with Crippen molar-refractivity contribution in [2.24, 2.45) is 0 Å². The third-order valence-electron chi connectivity index (χ3n) is 7.91. The highest BCUT2D eigenvalue weighted by Crippen LogP contribution is 2.30. The Kier molecular flexibility index (Phi) is 11.9. The minimum atomic E-state index is -4.20. The minimum Gasteiger partial charge on any atom is -0.354 e. The molecule has 0 spiro atoms. The van der Waals surface area contributed by atoms with E-state index < -0.39 is 28.5 Å². The fourth-order valence-electron chi connectivity index (χ4n) is 5.11. The lowest BCUT2D eigenvalue weighted by Crippen LogP contribution is -2.53. The second-order valence-electron chi connectivity index (χ2n) is 11.3. The fourth-order valence-corrected chi connectivity index (χ4v) is 7.05. The van der Waals surface area contributed by atoms with E-state index in [0.29, 0.717) is 34.3 Å². The smallest absolute Gasteiger partial charge is 0.264 e. The van der Waals surface area contributed by atoms with E-state index in [1.165, 1.54) is 17.0 Å². The van der Waals surface area contributed by atoms with Gasteiger partial charge in [-0.3, -0.25) is 13.9 Å². The third-order valence-corrected chi connectivity index (χ3v) is 10.3. The van der Waals surface area contributed by atoms with Crippen LogP contribution in [0.5, 0.6) is 0 Å². The number of benzene rings is 4. The van der Waals surface area contributed by atoms with E-state index in [9.17, 15) is 18.0 Å². The lowest BCUT2D eigenvalue weighted by atomic mass is 10.0. The van der Waals surface area contributed by atoms with E-state index in [-0.39, 0.29) is 23.8 Å². The Bertz CT molecular complexity index is 1780. The maximum atomic E-state index is 14.6. The van der Waals surface area contributed by atoms with Crippen LogP contribution >= 0.6 is 23.2 Å². The number of amides is 2. The van der Waals surface area contributed by atoms with Crippen LogP contribution in [0.3, 0.4) is 0 Å². The van der Waals surface area contributed by atoms with Crippen LogP contribution in [0.1, 0.15) is 41.2 Å². The molecule has 4 rings (SSSR count). The monoisotopic (exact) mass is 679 g/mol. The number of hydrogen-bond donors (Lipinski definition) is 1. The molecule has 0 saturated carbocycles. The normalized spacial score (nSPS) is 12.0. The van der Waals surface area contributed by atoms with Gasteiger partial charge in [-0.1, -0.05) is 96.4 Å². The summed E-state index contributed by atoms with van der Waals surface area (Å²) in [6.07, 6.45) is 0.914. The van der Waals surface area contributed by atoms with Gasteiger partial charge in [-0.2, -0.15) is 0 Å². The quantitative estimate of drug-likeness (QED) is 0.161. The number of hydrogen-bond acceptors (Lipinski definition) is 4. The molecule has 0 aliphatic rings. The number of nitrogens with one attached hydrogen (secondary N) is 1. The van der Waals surface area contributed by atoms with E-state index in [4.69, 9.17) is 23.2 Å². The molecule has 0 aliphatic carbocycles. The number of aryl methyl sites for hydroxylation is 2. The van der Waals surface area contributed by atoms with E-state index >= 15 is 0 Å². The maximum Gasteiger partial charge on any atom is 0.264 e. The SMILES string of the molecule is CCCNC(=O)[C@@H](Cc1ccccc1)N(Cc1ccc(Cl)cc1Cl)C(=O)CN(c1cccc(C)c1C)S(=O)(=O)c1ccc(C)cc1. The zero-order chi connectivity index (χ0) is 33.4. The Balaban J connectivity index is 1.85. The van der Waals surface area contributed by atoms with Crippen molar-refractivity contribution in [3.63, 3.8) is 0 Å². The number of halogens is 2. The summed E-state index contributed by atoms with van der Waals surface area (Å²) in [5.41, 5.74) is 4.30. The topological polar surface area (TPSA) is 86.8 Å². The van der Waals surface area contributed by atoms with Crippen molar-refractivity contribution in [2.45, 2.75) is 58.0 Å². The molecule has 0 heterocycles. The van der Waals surface area contributed by atoms with Gasteiger partial charge in [0.05, 0.1) is 10.6 Å². The van der Waals surface area contributed by atoms with Crippen LogP contribution in [0.2, 0.25) is 10.0 Å². The first-order valence-corrected chi connectivity index (χ1v) is 17.3. The summed E-state index contributed by atoms with van der Waals surface area (Å²) < 4.78 is 29.7. The van der Waals surface area contributed by atoms with Gasteiger partial charge < -0.3 is 10.2 Å². The molecule has 46 heavy (non-hydrogen) atoms. The Morgan fingerprint density at radius 1 is 0.870 bits per heavy atom. The van der Waals surface area contributed by atoms with Gasteiger partial charge in [0.2, 0.25) is 11.8 Å². The summed E-state index contributed by atoms with van der Waals surface area (Å²) >= 11 is 12.8. The van der Waals surface area contributed by atoms with Gasteiger partial charge >= 0.3 is 0 Å². The van der Waals surface area contributed by atoms with Crippen molar-refractivity contribution in [2.75, 3.05) is 17.4 Å². The number of anilines is 1. The Morgan fingerprint density at radius 2 is 1.57 bits per heavy atom. The molecule has 2 amide bonds. The molecule has 0 bridgehead atoms. The average molecular weight is 681 g/mol. The summed E-state index contributed by atoms with van der Waals surface area (Å²) in [7, 11) is -4.20. The fraction of sp³-hybridized carbons (Fsp3) is 0.278. The molecule has 4 aromatic carbocycles. The summed E-state index contributed by atoms with van der Waals surface area (Å²) in [4.78, 5) is 29.9. The maximum absolute atomic E-state index is 14.6. The highest BCUT2D eigenvalue weighted by atomic mass is 35.5. The number of carbonyl (C=O) groups is 2. The van der Waals surface area contributed by atoms with Gasteiger partial charge in [0, 0.05) is 29.6 Å². The molecule has 0 fully saturated rings. The molecule has 0 aliphatic heterocycles. The molecule has 0 radical (unpaired) electrons. The molecule has 1 N–H and O–H groups in total. The summed E-state index contributed by atoms with van der Waals surface area (Å²) in [5.74, 6) is -0.904. The highest BCUT2D eigenvalue weighted by Gasteiger charge is 2.35. The molecule has 242 valence electrons. The van der Waals surface area contributed by atoms with Crippen LogP contribution < -0.4 is 9.62 Å². The van der Waals surface area contributed by atoms with Crippen LogP contribution in [-0.2, 0) is 32.6 Å². The molecule has 0 aromatic heterocycles. The lowest BCUT2D eigenvalue weighted by molar-refractivity contribution is -0.140. The molecule has 7 nitrogen and oxygen atoms in total. The van der Waals surface area contributed by atoms with Gasteiger partial charge in [0.15, 0.2) is 0 Å². The Morgan fingerprint density at radius 3 is 2.22 bits per heavy atom. The van der Waals surface area contributed by atoms with Crippen molar-refractivity contribution in [3.8, 4) is 0 Å². The molecule has 1 atom stereocenters. The van der Waals surface area contributed by atoms with Gasteiger partial charge in [-0.25, -0.2) is 8.42 Å². The zero-order valence-corrected chi connectivity index (χ0v) is 28.8. The first-order chi connectivity index (χ1) is 21.9. The van der Waals surface area contributed by atoms with E-state index in [2.05, 4.69) is 5.32 Å². The molecule has 10 heteroatoms. The van der Waals surface area contributed by atoms with Crippen molar-refractivity contribution in [1.29, 1.82) is 0 Å². The number of nitrogens with zero attached hydrogens (tertiary/aromatic N) is 2. The summed E-state index contributed by atoms with van der Waals surface area (Å²) in [5, 5.41) is 3.70. The molecule has 4 aromatic rings. The zero-order valence-electron chi connectivity index (χ0n) is 26.5. The number of sulfonamides is 1. The van der Waals surface area contributed by atoms with Crippen LogP contribution in [-0.4, -0.2) is 44.3 Å². The van der Waals surface area contributed by atoms with Crippen LogP contribution in [0, 0.1) is 20.8 Å². The van der Waals surface area contributed by atoms with E-state index in [1.54, 1.807) is 42.5 Å². The van der Waals surface area contributed by atoms with Crippen LogP contribution in [0.4, 0.5) is 5.69 Å². The molecule has 0 saturated heterocycles. The molecular formula is C36H39Cl2N3O4S. The second-order valence-corrected chi connectivity index (χ2v) is 14.0. The van der Waals surface area contributed by atoms with Crippen molar-refractivity contribution in [3.05, 3.63) is 129 Å². The Labute approximate surface area is 282 Å². The molecule has 0 unspecified atom stereocenters. The van der Waals surface area contributed by atoms with E-state index in [0.717, 1.165) is 26.6 Å². The predicted octanol–water partition coefficient (Wildman–Crippen LogP) is 7.28. The lowest BCUT2D eigenvalue weighted by Gasteiger charge is -2.34. The molecular weight excluding hydrogens is 641 g/mol.